The molecule has 0 saturated heterocycles. The number of nitrogens with one attached hydrogen (secondary N) is 1. The van der Waals surface area contributed by atoms with E-state index in [0.29, 0.717) is 5.56 Å². The molecule has 0 aliphatic rings. The number of rotatable bonds is 5. The summed E-state index contributed by atoms with van der Waals surface area (Å²) in [5.74, 6) is -1.76. The molecule has 0 atom stereocenters. The minimum atomic E-state index is -1.26. The van der Waals surface area contributed by atoms with Gasteiger partial charge in [0.1, 0.15) is 5.82 Å². The van der Waals surface area contributed by atoms with Gasteiger partial charge in [-0.2, -0.15) is 4.98 Å². The minimum Gasteiger partial charge on any atom is -0.493 e. The van der Waals surface area contributed by atoms with Gasteiger partial charge in [0.2, 0.25) is 5.88 Å². The van der Waals surface area contributed by atoms with E-state index in [1.54, 1.807) is 0 Å². The maximum atomic E-state index is 11.7. The number of nitro benzene ring substituents is 1. The van der Waals surface area contributed by atoms with Crippen molar-refractivity contribution in [1.82, 2.24) is 9.97 Å². The third-order valence-electron chi connectivity index (χ3n) is 2.89. The van der Waals surface area contributed by atoms with Crippen LogP contribution in [0, 0.1) is 10.1 Å². The molecule has 3 N–H and O–H groups in total. The van der Waals surface area contributed by atoms with Crippen molar-refractivity contribution in [3.63, 3.8) is 0 Å². The fourth-order valence-electron chi connectivity index (χ4n) is 1.85. The summed E-state index contributed by atoms with van der Waals surface area (Å²) in [5, 5.41) is 28.8. The Morgan fingerprint density at radius 2 is 1.95 bits per heavy atom. The first kappa shape index (κ1) is 15.2. The molecule has 0 fully saturated rings. The van der Waals surface area contributed by atoms with E-state index in [1.165, 1.54) is 24.3 Å². The number of carboxylic acids is 1. The third-order valence-corrected chi connectivity index (χ3v) is 2.89. The van der Waals surface area contributed by atoms with E-state index in [1.807, 2.05) is 0 Å². The van der Waals surface area contributed by atoms with Crippen LogP contribution in [-0.4, -0.2) is 31.1 Å². The van der Waals surface area contributed by atoms with Crippen molar-refractivity contribution in [3.8, 4) is 5.88 Å². The van der Waals surface area contributed by atoms with Gasteiger partial charge in [-0.05, 0) is 5.56 Å². The van der Waals surface area contributed by atoms with Crippen LogP contribution in [-0.2, 0) is 17.6 Å². The molecule has 1 aromatic heterocycles. The quantitative estimate of drug-likeness (QED) is 0.541. The van der Waals surface area contributed by atoms with Crippen LogP contribution in [0.2, 0.25) is 0 Å². The number of carbonyl (C=O) groups is 1. The maximum absolute atomic E-state index is 11.7. The van der Waals surface area contributed by atoms with Crippen molar-refractivity contribution < 1.29 is 19.9 Å². The summed E-state index contributed by atoms with van der Waals surface area (Å²) in [6.07, 6.45) is -0.500. The summed E-state index contributed by atoms with van der Waals surface area (Å²) in [4.78, 5) is 38.5. The van der Waals surface area contributed by atoms with E-state index in [-0.39, 0.29) is 23.5 Å². The molecule has 9 nitrogen and oxygen atoms in total. The number of non-ortho nitro benzene ring substituents is 1. The minimum absolute atomic E-state index is 0.0649. The Bertz CT molecular complexity index is 781. The summed E-state index contributed by atoms with van der Waals surface area (Å²) >= 11 is 0. The number of H-pyrrole nitrogens is 1. The SMILES string of the molecule is O=C(O)Cc1c(O)nc(Cc2ccc([N+](=O)[O-])cc2)[nH]c1=O. The lowest BCUT2D eigenvalue weighted by Crippen LogP contribution is -2.19. The van der Waals surface area contributed by atoms with E-state index < -0.39 is 28.8 Å². The lowest BCUT2D eigenvalue weighted by atomic mass is 10.1. The van der Waals surface area contributed by atoms with Gasteiger partial charge >= 0.3 is 5.97 Å². The van der Waals surface area contributed by atoms with Crippen LogP contribution in [0.25, 0.3) is 0 Å². The van der Waals surface area contributed by atoms with Crippen molar-refractivity contribution in [2.24, 2.45) is 0 Å². The van der Waals surface area contributed by atoms with Crippen LogP contribution in [0.1, 0.15) is 17.0 Å². The molecule has 0 amide bonds. The molecular weight excluding hydrogens is 294 g/mol. The number of aromatic nitrogens is 2. The van der Waals surface area contributed by atoms with Gasteiger partial charge in [0.15, 0.2) is 0 Å². The number of carboxylic acid groups (broad SMARTS) is 1. The van der Waals surface area contributed by atoms with Crippen LogP contribution >= 0.6 is 0 Å². The molecule has 0 unspecified atom stereocenters. The Kier molecular flexibility index (Phi) is 4.16. The second kappa shape index (κ2) is 6.04. The summed E-state index contributed by atoms with van der Waals surface area (Å²) in [7, 11) is 0. The van der Waals surface area contributed by atoms with Crippen LogP contribution < -0.4 is 5.56 Å². The van der Waals surface area contributed by atoms with E-state index in [4.69, 9.17) is 5.11 Å². The molecule has 0 radical (unpaired) electrons. The smallest absolute Gasteiger partial charge is 0.308 e. The summed E-state index contributed by atoms with van der Waals surface area (Å²) in [6.45, 7) is 0. The van der Waals surface area contributed by atoms with Gasteiger partial charge in [-0.15, -0.1) is 0 Å². The van der Waals surface area contributed by atoms with E-state index in [9.17, 15) is 24.8 Å². The van der Waals surface area contributed by atoms with Crippen LogP contribution in [0.3, 0.4) is 0 Å². The Labute approximate surface area is 123 Å². The van der Waals surface area contributed by atoms with E-state index in [0.717, 1.165) is 0 Å². The van der Waals surface area contributed by atoms with Crippen LogP contribution in [0.5, 0.6) is 5.88 Å². The number of benzene rings is 1. The van der Waals surface area contributed by atoms with Crippen molar-refractivity contribution in [2.75, 3.05) is 0 Å². The lowest BCUT2D eigenvalue weighted by molar-refractivity contribution is -0.384. The number of hydrogen-bond donors (Lipinski definition) is 3. The predicted octanol–water partition coefficient (Wildman–Crippen LogP) is 0.602. The number of nitrogens with zero attached hydrogens (tertiary/aromatic N) is 2. The zero-order valence-corrected chi connectivity index (χ0v) is 11.1. The lowest BCUT2D eigenvalue weighted by Gasteiger charge is -2.05. The van der Waals surface area contributed by atoms with Gasteiger partial charge in [-0.3, -0.25) is 19.7 Å². The molecular formula is C13H11N3O6. The molecule has 22 heavy (non-hydrogen) atoms. The van der Waals surface area contributed by atoms with Crippen LogP contribution in [0.4, 0.5) is 5.69 Å². The van der Waals surface area contributed by atoms with Gasteiger partial charge in [0, 0.05) is 18.6 Å². The number of hydrogen-bond acceptors (Lipinski definition) is 6. The first-order valence-electron chi connectivity index (χ1n) is 6.13. The van der Waals surface area contributed by atoms with Gasteiger partial charge < -0.3 is 15.2 Å². The summed E-state index contributed by atoms with van der Waals surface area (Å²) in [6, 6.07) is 5.62. The van der Waals surface area contributed by atoms with Gasteiger partial charge in [0.05, 0.1) is 16.9 Å². The topological polar surface area (TPSA) is 146 Å². The van der Waals surface area contributed by atoms with E-state index in [2.05, 4.69) is 9.97 Å². The molecule has 1 aromatic carbocycles. The highest BCUT2D eigenvalue weighted by molar-refractivity contribution is 5.70. The molecule has 0 aliphatic carbocycles. The standard InChI is InChI=1S/C13H11N3O6/c17-11(18)6-9-12(19)14-10(15-13(9)20)5-7-1-3-8(4-2-7)16(21)22/h1-4H,5-6H2,(H,17,18)(H2,14,15,19,20). The monoisotopic (exact) mass is 305 g/mol. The zero-order valence-electron chi connectivity index (χ0n) is 11.1. The summed E-state index contributed by atoms with van der Waals surface area (Å²) < 4.78 is 0. The molecule has 0 spiro atoms. The highest BCUT2D eigenvalue weighted by Gasteiger charge is 2.14. The fraction of sp³-hybridized carbons (Fsp3) is 0.154. The van der Waals surface area contributed by atoms with Crippen molar-refractivity contribution >= 4 is 11.7 Å². The van der Waals surface area contributed by atoms with Gasteiger partial charge in [-0.25, -0.2) is 0 Å². The predicted molar refractivity (Wildman–Crippen MR) is 73.8 cm³/mol. The average molecular weight is 305 g/mol. The molecule has 2 aromatic rings. The number of nitro groups is 1. The van der Waals surface area contributed by atoms with Gasteiger partial charge in [-0.1, -0.05) is 12.1 Å². The highest BCUT2D eigenvalue weighted by Crippen LogP contribution is 2.15. The molecule has 114 valence electrons. The second-order valence-corrected chi connectivity index (χ2v) is 4.49. The van der Waals surface area contributed by atoms with Crippen molar-refractivity contribution in [1.29, 1.82) is 0 Å². The van der Waals surface area contributed by atoms with Crippen molar-refractivity contribution in [3.05, 3.63) is 61.7 Å². The number of aromatic hydroxyl groups is 1. The van der Waals surface area contributed by atoms with E-state index >= 15 is 0 Å². The largest absolute Gasteiger partial charge is 0.493 e. The fourth-order valence-corrected chi connectivity index (χ4v) is 1.85. The molecule has 9 heteroatoms. The number of aliphatic carboxylic acids is 1. The Balaban J connectivity index is 2.25. The Morgan fingerprint density at radius 1 is 1.32 bits per heavy atom. The molecule has 1 heterocycles. The molecule has 0 saturated carbocycles. The first-order chi connectivity index (χ1) is 10.4. The summed E-state index contributed by atoms with van der Waals surface area (Å²) in [5.41, 5.74) is -0.476. The molecule has 2 rings (SSSR count). The first-order valence-corrected chi connectivity index (χ1v) is 6.13. The normalized spacial score (nSPS) is 10.4. The molecule has 0 bridgehead atoms. The van der Waals surface area contributed by atoms with Gasteiger partial charge in [0.25, 0.3) is 11.2 Å². The average Bonchev–Trinajstić information content (AvgIpc) is 2.43. The van der Waals surface area contributed by atoms with Crippen molar-refractivity contribution in [2.45, 2.75) is 12.8 Å². The third kappa shape index (κ3) is 3.45. The highest BCUT2D eigenvalue weighted by atomic mass is 16.6. The second-order valence-electron chi connectivity index (χ2n) is 4.49. The Hall–Kier alpha value is -3.23. The Morgan fingerprint density at radius 3 is 2.45 bits per heavy atom. The van der Waals surface area contributed by atoms with Crippen LogP contribution in [0.15, 0.2) is 29.1 Å². The maximum Gasteiger partial charge on any atom is 0.308 e. The number of aromatic amines is 1. The zero-order chi connectivity index (χ0) is 16.3. The molecule has 0 aliphatic heterocycles.